The average Bonchev–Trinajstić information content (AvgIpc) is 3.25. The van der Waals surface area contributed by atoms with Crippen LogP contribution in [0.25, 0.3) is 11.0 Å². The summed E-state index contributed by atoms with van der Waals surface area (Å²) >= 11 is 0. The van der Waals surface area contributed by atoms with Gasteiger partial charge in [0.05, 0.1) is 42.9 Å². The highest BCUT2D eigenvalue weighted by molar-refractivity contribution is 6.11. The van der Waals surface area contributed by atoms with Gasteiger partial charge in [0.25, 0.3) is 5.91 Å². The molecule has 0 spiro atoms. The van der Waals surface area contributed by atoms with Gasteiger partial charge in [-0.25, -0.2) is 4.79 Å². The van der Waals surface area contributed by atoms with Crippen LogP contribution in [0.1, 0.15) is 70.0 Å². The van der Waals surface area contributed by atoms with E-state index in [4.69, 9.17) is 18.6 Å². The van der Waals surface area contributed by atoms with Crippen molar-refractivity contribution < 1.29 is 28.2 Å². The quantitative estimate of drug-likeness (QED) is 0.233. The zero-order valence-corrected chi connectivity index (χ0v) is 24.1. The molecule has 8 heteroatoms. The number of carbonyl (C=O) groups is 2. The van der Waals surface area contributed by atoms with Crippen molar-refractivity contribution >= 4 is 28.5 Å². The summed E-state index contributed by atoms with van der Waals surface area (Å²) in [6.45, 7) is 10.5. The number of amides is 1. The Morgan fingerprint density at radius 1 is 0.976 bits per heavy atom. The van der Waals surface area contributed by atoms with Gasteiger partial charge in [-0.2, -0.15) is 0 Å². The van der Waals surface area contributed by atoms with E-state index in [1.54, 1.807) is 62.6 Å². The Morgan fingerprint density at radius 3 is 2.34 bits per heavy atom. The maximum absolute atomic E-state index is 14.0. The van der Waals surface area contributed by atoms with Gasteiger partial charge in [-0.1, -0.05) is 19.9 Å². The highest BCUT2D eigenvalue weighted by atomic mass is 16.5. The monoisotopic (exact) mass is 555 g/mol. The minimum Gasteiger partial charge on any atom is -0.493 e. The first-order chi connectivity index (χ1) is 19.6. The molecule has 5 rings (SSSR count). The number of hydrogen-bond donors (Lipinski definition) is 0. The molecule has 0 N–H and O–H groups in total. The lowest BCUT2D eigenvalue weighted by Gasteiger charge is -2.26. The van der Waals surface area contributed by atoms with Gasteiger partial charge in [-0.15, -0.1) is 0 Å². The minimum atomic E-state index is -0.804. The van der Waals surface area contributed by atoms with E-state index in [0.717, 1.165) is 11.1 Å². The molecule has 1 aliphatic heterocycles. The van der Waals surface area contributed by atoms with Crippen molar-refractivity contribution in [2.75, 3.05) is 25.2 Å². The van der Waals surface area contributed by atoms with Crippen LogP contribution in [0.15, 0.2) is 63.8 Å². The van der Waals surface area contributed by atoms with Crippen LogP contribution in [0.2, 0.25) is 0 Å². The van der Waals surface area contributed by atoms with Gasteiger partial charge < -0.3 is 18.6 Å². The normalized spacial score (nSPS) is 14.5. The van der Waals surface area contributed by atoms with E-state index < -0.39 is 17.9 Å². The molecule has 212 valence electrons. The van der Waals surface area contributed by atoms with E-state index in [1.807, 2.05) is 19.9 Å². The topological polar surface area (TPSA) is 95.3 Å². The second kappa shape index (κ2) is 11.1. The first kappa shape index (κ1) is 28.0. The van der Waals surface area contributed by atoms with Gasteiger partial charge in [0.15, 0.2) is 16.9 Å². The SMILES string of the molecule is CCOC(=O)c1ccc(N2C(=O)c3oc4cc(C)c(C)cc4c(=O)c3C2c2ccc(OCC(C)C)c(OC)c2)cc1. The van der Waals surface area contributed by atoms with Gasteiger partial charge in [-0.05, 0) is 91.9 Å². The van der Waals surface area contributed by atoms with Gasteiger partial charge in [-0.3, -0.25) is 14.5 Å². The lowest BCUT2D eigenvalue weighted by molar-refractivity contribution is 0.0526. The summed E-state index contributed by atoms with van der Waals surface area (Å²) in [6, 6.07) is 14.7. The summed E-state index contributed by atoms with van der Waals surface area (Å²) in [4.78, 5) is 41.8. The van der Waals surface area contributed by atoms with Gasteiger partial charge in [0.2, 0.25) is 5.76 Å². The molecule has 1 atom stereocenters. The molecule has 8 nitrogen and oxygen atoms in total. The number of rotatable bonds is 8. The molecule has 1 unspecified atom stereocenters. The lowest BCUT2D eigenvalue weighted by atomic mass is 9.96. The van der Waals surface area contributed by atoms with E-state index in [1.165, 1.54) is 4.90 Å². The Kier molecular flexibility index (Phi) is 7.58. The fourth-order valence-electron chi connectivity index (χ4n) is 5.01. The highest BCUT2D eigenvalue weighted by Crippen LogP contribution is 2.43. The third-order valence-corrected chi connectivity index (χ3v) is 7.22. The predicted octanol–water partition coefficient (Wildman–Crippen LogP) is 6.38. The van der Waals surface area contributed by atoms with E-state index >= 15 is 0 Å². The first-order valence-electron chi connectivity index (χ1n) is 13.6. The van der Waals surface area contributed by atoms with E-state index in [0.29, 0.717) is 51.8 Å². The number of nitrogens with zero attached hydrogens (tertiary/aromatic N) is 1. The Morgan fingerprint density at radius 2 is 1.68 bits per heavy atom. The lowest BCUT2D eigenvalue weighted by Crippen LogP contribution is -2.29. The Hall–Kier alpha value is -4.59. The number of fused-ring (bicyclic) bond motifs is 2. The van der Waals surface area contributed by atoms with Crippen LogP contribution >= 0.6 is 0 Å². The van der Waals surface area contributed by atoms with Crippen molar-refractivity contribution in [1.82, 2.24) is 0 Å². The second-order valence-corrected chi connectivity index (χ2v) is 10.6. The summed E-state index contributed by atoms with van der Waals surface area (Å²) in [7, 11) is 1.55. The molecule has 2 heterocycles. The van der Waals surface area contributed by atoms with E-state index in [9.17, 15) is 14.4 Å². The van der Waals surface area contributed by atoms with E-state index in [2.05, 4.69) is 13.8 Å². The van der Waals surface area contributed by atoms with Crippen LogP contribution in [0, 0.1) is 19.8 Å². The van der Waals surface area contributed by atoms with Crippen LogP contribution in [-0.4, -0.2) is 32.2 Å². The van der Waals surface area contributed by atoms with Gasteiger partial charge in [0, 0.05) is 5.69 Å². The molecule has 1 aromatic heterocycles. The van der Waals surface area contributed by atoms with Crippen molar-refractivity contribution in [3.8, 4) is 11.5 Å². The molecule has 1 amide bonds. The molecule has 0 saturated heterocycles. The van der Waals surface area contributed by atoms with Crippen LogP contribution < -0.4 is 19.8 Å². The van der Waals surface area contributed by atoms with E-state index in [-0.39, 0.29) is 23.4 Å². The molecule has 41 heavy (non-hydrogen) atoms. The largest absolute Gasteiger partial charge is 0.493 e. The molecule has 1 aliphatic rings. The Balaban J connectivity index is 1.70. The molecule has 0 radical (unpaired) electrons. The number of ether oxygens (including phenoxy) is 3. The maximum atomic E-state index is 14.0. The summed E-state index contributed by atoms with van der Waals surface area (Å²) < 4.78 is 22.8. The zero-order chi connectivity index (χ0) is 29.4. The molecular weight excluding hydrogens is 522 g/mol. The van der Waals surface area contributed by atoms with Gasteiger partial charge in [0.1, 0.15) is 5.58 Å². The van der Waals surface area contributed by atoms with Crippen LogP contribution in [0.5, 0.6) is 11.5 Å². The molecule has 3 aromatic carbocycles. The third kappa shape index (κ3) is 5.06. The van der Waals surface area contributed by atoms with Crippen molar-refractivity contribution in [2.45, 2.75) is 40.7 Å². The molecule has 0 aliphatic carbocycles. The maximum Gasteiger partial charge on any atom is 0.338 e. The number of hydrogen-bond acceptors (Lipinski definition) is 7. The highest BCUT2D eigenvalue weighted by Gasteiger charge is 2.44. The average molecular weight is 556 g/mol. The van der Waals surface area contributed by atoms with Gasteiger partial charge >= 0.3 is 5.97 Å². The first-order valence-corrected chi connectivity index (χ1v) is 13.6. The predicted molar refractivity (Wildman–Crippen MR) is 156 cm³/mol. The molecule has 0 fully saturated rings. The summed E-state index contributed by atoms with van der Waals surface area (Å²) in [5, 5.41) is 0.410. The van der Waals surface area contributed by atoms with Crippen LogP contribution in [0.3, 0.4) is 0 Å². The molecule has 4 aromatic rings. The number of aryl methyl sites for hydroxylation is 2. The second-order valence-electron chi connectivity index (χ2n) is 10.6. The summed E-state index contributed by atoms with van der Waals surface area (Å²) in [6.07, 6.45) is 0. The number of anilines is 1. The smallest absolute Gasteiger partial charge is 0.338 e. The Labute approximate surface area is 238 Å². The summed E-state index contributed by atoms with van der Waals surface area (Å²) in [5.41, 5.74) is 3.74. The van der Waals surface area contributed by atoms with Crippen molar-refractivity contribution in [3.05, 3.63) is 98.4 Å². The van der Waals surface area contributed by atoms with Crippen molar-refractivity contribution in [2.24, 2.45) is 5.92 Å². The molecular formula is C33H33NO7. The number of benzene rings is 3. The zero-order valence-electron chi connectivity index (χ0n) is 24.1. The standard InChI is InChI=1S/C33H33NO7/c1-7-39-33(37)21-8-11-23(12-9-21)34-29(22-10-13-25(27(16-22)38-6)40-17-18(2)3)28-30(35)24-14-19(4)20(5)15-26(24)41-31(28)32(34)36/h8-16,18,29H,7,17H2,1-6H3. The molecule has 0 bridgehead atoms. The summed E-state index contributed by atoms with van der Waals surface area (Å²) in [5.74, 6) is 0.448. The Bertz CT molecular complexity index is 1700. The van der Waals surface area contributed by atoms with Crippen LogP contribution in [-0.2, 0) is 4.74 Å². The van der Waals surface area contributed by atoms with Crippen molar-refractivity contribution in [3.63, 3.8) is 0 Å². The molecule has 0 saturated carbocycles. The number of esters is 1. The fraction of sp³-hybridized carbons (Fsp3) is 0.303. The number of methoxy groups -OCH3 is 1. The van der Waals surface area contributed by atoms with Crippen molar-refractivity contribution in [1.29, 1.82) is 0 Å². The van der Waals surface area contributed by atoms with Crippen LogP contribution in [0.4, 0.5) is 5.69 Å². The minimum absolute atomic E-state index is 0.00989. The fourth-order valence-corrected chi connectivity index (χ4v) is 5.01. The third-order valence-electron chi connectivity index (χ3n) is 7.22. The number of carbonyl (C=O) groups excluding carboxylic acids is 2.